The average molecular weight is 81.1 g/mol. The van der Waals surface area contributed by atoms with Crippen molar-refractivity contribution < 1.29 is 0 Å². The van der Waals surface area contributed by atoms with E-state index in [9.17, 15) is 0 Å². The van der Waals surface area contributed by atoms with Crippen LogP contribution in [0, 0.1) is 18.3 Å². The van der Waals surface area contributed by atoms with E-state index in [-0.39, 0.29) is 0 Å². The van der Waals surface area contributed by atoms with Crippen LogP contribution in [0.15, 0.2) is 0 Å². The maximum Gasteiger partial charge on any atom is -0.0318 e. The molecule has 2 aliphatic carbocycles. The van der Waals surface area contributed by atoms with E-state index in [2.05, 4.69) is 6.42 Å². The fourth-order valence-electron chi connectivity index (χ4n) is 1.46. The van der Waals surface area contributed by atoms with Crippen LogP contribution in [0.4, 0.5) is 0 Å². The Hall–Kier alpha value is 0. The molecule has 0 heteroatoms. The average Bonchev–Trinajstić information content (AvgIpc) is 2.17. The van der Waals surface area contributed by atoms with E-state index >= 15 is 0 Å². The molecule has 2 fully saturated rings. The van der Waals surface area contributed by atoms with Crippen LogP contribution in [-0.4, -0.2) is 0 Å². The topological polar surface area (TPSA) is 0 Å². The minimum Gasteiger partial charge on any atom is -0.0527 e. The molecule has 2 aliphatic rings. The van der Waals surface area contributed by atoms with E-state index in [4.69, 9.17) is 0 Å². The maximum absolute atomic E-state index is 2.48. The SMILES string of the molecule is [CH]1C2CCCC12. The number of fused-ring (bicyclic) bond motifs is 1. The van der Waals surface area contributed by atoms with Crippen LogP contribution in [0.1, 0.15) is 19.3 Å². The summed E-state index contributed by atoms with van der Waals surface area (Å²) in [5, 5.41) is 0. The molecule has 2 atom stereocenters. The number of hydrogen-bond acceptors (Lipinski definition) is 0. The van der Waals surface area contributed by atoms with Crippen molar-refractivity contribution in [3.8, 4) is 0 Å². The lowest BCUT2D eigenvalue weighted by Gasteiger charge is -1.80. The molecule has 0 amide bonds. The molecule has 2 saturated carbocycles. The van der Waals surface area contributed by atoms with Gasteiger partial charge in [0.1, 0.15) is 0 Å². The van der Waals surface area contributed by atoms with Gasteiger partial charge in [-0.25, -0.2) is 0 Å². The molecule has 0 spiro atoms. The highest BCUT2D eigenvalue weighted by Gasteiger charge is 2.40. The highest BCUT2D eigenvalue weighted by Crippen LogP contribution is 2.50. The molecule has 0 bridgehead atoms. The van der Waals surface area contributed by atoms with Crippen molar-refractivity contribution in [3.63, 3.8) is 0 Å². The van der Waals surface area contributed by atoms with Gasteiger partial charge in [-0.1, -0.05) is 6.42 Å². The summed E-state index contributed by atoms with van der Waals surface area (Å²) in [5.74, 6) is 2.18. The Labute approximate surface area is 38.6 Å². The largest absolute Gasteiger partial charge is 0.0527 e. The third-order valence-electron chi connectivity index (χ3n) is 1.98. The first-order valence-electron chi connectivity index (χ1n) is 2.82. The summed E-state index contributed by atoms with van der Waals surface area (Å²) < 4.78 is 0. The molecule has 2 rings (SSSR count). The molecule has 33 valence electrons. The van der Waals surface area contributed by atoms with Crippen molar-refractivity contribution in [1.82, 2.24) is 0 Å². The van der Waals surface area contributed by atoms with Crippen LogP contribution in [0.25, 0.3) is 0 Å². The van der Waals surface area contributed by atoms with Gasteiger partial charge in [0.15, 0.2) is 0 Å². The lowest BCUT2D eigenvalue weighted by atomic mass is 10.3. The second-order valence-electron chi connectivity index (χ2n) is 2.45. The van der Waals surface area contributed by atoms with E-state index < -0.39 is 0 Å². The molecule has 0 aromatic rings. The zero-order chi connectivity index (χ0) is 3.98. The molecule has 2 unspecified atom stereocenters. The predicted octanol–water partition coefficient (Wildman–Crippen LogP) is 1.62. The van der Waals surface area contributed by atoms with E-state index in [1.54, 1.807) is 0 Å². The van der Waals surface area contributed by atoms with Crippen LogP contribution in [0.5, 0.6) is 0 Å². The van der Waals surface area contributed by atoms with Gasteiger partial charge in [0, 0.05) is 0 Å². The minimum atomic E-state index is 1.09. The molecule has 0 saturated heterocycles. The Kier molecular flexibility index (Phi) is 0.408. The van der Waals surface area contributed by atoms with Crippen molar-refractivity contribution in [3.05, 3.63) is 6.42 Å². The first kappa shape index (κ1) is 3.06. The number of rotatable bonds is 0. The Morgan fingerprint density at radius 1 is 1.17 bits per heavy atom. The quantitative estimate of drug-likeness (QED) is 0.415. The van der Waals surface area contributed by atoms with Crippen LogP contribution in [0.2, 0.25) is 0 Å². The normalized spacial score (nSPS) is 52.0. The van der Waals surface area contributed by atoms with Gasteiger partial charge in [0.2, 0.25) is 0 Å². The molecule has 0 N–H and O–H groups in total. The lowest BCUT2D eigenvalue weighted by Crippen LogP contribution is -1.64. The van der Waals surface area contributed by atoms with E-state index in [0.29, 0.717) is 0 Å². The molecule has 6 heavy (non-hydrogen) atoms. The summed E-state index contributed by atoms with van der Waals surface area (Å²) in [6.07, 6.45) is 6.99. The third-order valence-corrected chi connectivity index (χ3v) is 1.98. The molecular weight excluding hydrogens is 72.1 g/mol. The smallest absolute Gasteiger partial charge is 0.0318 e. The fourth-order valence-corrected chi connectivity index (χ4v) is 1.46. The van der Waals surface area contributed by atoms with Gasteiger partial charge in [0.05, 0.1) is 0 Å². The van der Waals surface area contributed by atoms with Crippen LogP contribution < -0.4 is 0 Å². The Morgan fingerprint density at radius 3 is 2.00 bits per heavy atom. The standard InChI is InChI=1S/C6H9/c1-2-5-4-6(5)3-1/h4-6H,1-3H2. The lowest BCUT2D eigenvalue weighted by molar-refractivity contribution is 0.790. The zero-order valence-corrected chi connectivity index (χ0v) is 3.85. The minimum absolute atomic E-state index is 1.09. The summed E-state index contributed by atoms with van der Waals surface area (Å²) in [6, 6.07) is 0. The van der Waals surface area contributed by atoms with Gasteiger partial charge in [-0.15, -0.1) is 0 Å². The predicted molar refractivity (Wildman–Crippen MR) is 25.1 cm³/mol. The highest BCUT2D eigenvalue weighted by atomic mass is 14.5. The zero-order valence-electron chi connectivity index (χ0n) is 3.85. The summed E-state index contributed by atoms with van der Waals surface area (Å²) in [4.78, 5) is 0. The molecule has 0 nitrogen and oxygen atoms in total. The second-order valence-corrected chi connectivity index (χ2v) is 2.45. The van der Waals surface area contributed by atoms with Gasteiger partial charge in [0.25, 0.3) is 0 Å². The van der Waals surface area contributed by atoms with Gasteiger partial charge in [-0.05, 0) is 31.1 Å². The summed E-state index contributed by atoms with van der Waals surface area (Å²) in [7, 11) is 0. The summed E-state index contributed by atoms with van der Waals surface area (Å²) in [5.41, 5.74) is 0. The third kappa shape index (κ3) is 0.250. The summed E-state index contributed by atoms with van der Waals surface area (Å²) >= 11 is 0. The van der Waals surface area contributed by atoms with Crippen LogP contribution in [0.3, 0.4) is 0 Å². The molecule has 0 aromatic carbocycles. The monoisotopic (exact) mass is 81.1 g/mol. The van der Waals surface area contributed by atoms with Crippen molar-refractivity contribution >= 4 is 0 Å². The van der Waals surface area contributed by atoms with E-state index in [1.807, 2.05) is 0 Å². The fraction of sp³-hybridized carbons (Fsp3) is 0.833. The Morgan fingerprint density at radius 2 is 1.83 bits per heavy atom. The van der Waals surface area contributed by atoms with Crippen molar-refractivity contribution in [1.29, 1.82) is 0 Å². The maximum atomic E-state index is 2.48. The van der Waals surface area contributed by atoms with Gasteiger partial charge in [-0.2, -0.15) is 0 Å². The van der Waals surface area contributed by atoms with E-state index in [0.717, 1.165) is 11.8 Å². The van der Waals surface area contributed by atoms with Gasteiger partial charge in [-0.3, -0.25) is 0 Å². The van der Waals surface area contributed by atoms with Crippen molar-refractivity contribution in [2.24, 2.45) is 11.8 Å². The first-order chi connectivity index (χ1) is 2.97. The molecule has 0 aromatic heterocycles. The molecule has 0 heterocycles. The summed E-state index contributed by atoms with van der Waals surface area (Å²) in [6.45, 7) is 0. The number of hydrogen-bond donors (Lipinski definition) is 0. The first-order valence-corrected chi connectivity index (χ1v) is 2.82. The Bertz CT molecular complexity index is 58.4. The highest BCUT2D eigenvalue weighted by molar-refractivity contribution is 5.08. The van der Waals surface area contributed by atoms with Crippen LogP contribution >= 0.6 is 0 Å². The van der Waals surface area contributed by atoms with Crippen molar-refractivity contribution in [2.45, 2.75) is 19.3 Å². The van der Waals surface area contributed by atoms with Crippen molar-refractivity contribution in [2.75, 3.05) is 0 Å². The second kappa shape index (κ2) is 0.800. The molecule has 1 radical (unpaired) electrons. The van der Waals surface area contributed by atoms with Crippen LogP contribution in [-0.2, 0) is 0 Å². The molecular formula is C6H9. The van der Waals surface area contributed by atoms with Gasteiger partial charge >= 0.3 is 0 Å². The van der Waals surface area contributed by atoms with E-state index in [1.165, 1.54) is 19.3 Å². The Balaban J connectivity index is 2.09. The van der Waals surface area contributed by atoms with Gasteiger partial charge < -0.3 is 0 Å². The molecule has 0 aliphatic heterocycles.